The Labute approximate surface area is 364 Å². The van der Waals surface area contributed by atoms with E-state index in [1.165, 1.54) is 4.90 Å². The van der Waals surface area contributed by atoms with Gasteiger partial charge in [-0.2, -0.15) is 0 Å². The quantitative estimate of drug-likeness (QED) is 0.0439. The highest BCUT2D eigenvalue weighted by atomic mass is 32.2. The van der Waals surface area contributed by atoms with Crippen molar-refractivity contribution in [3.63, 3.8) is 0 Å². The fourth-order valence-electron chi connectivity index (χ4n) is 9.86. The first-order valence-corrected chi connectivity index (χ1v) is 23.2. The van der Waals surface area contributed by atoms with Crippen LogP contribution in [0.15, 0.2) is 101 Å². The predicted molar refractivity (Wildman–Crippen MR) is 235 cm³/mol. The van der Waals surface area contributed by atoms with Crippen molar-refractivity contribution >= 4 is 23.4 Å². The molecule has 2 aliphatic heterocycles. The number of aliphatic hydroxyl groups is 2. The Kier molecular flexibility index (Phi) is 14.2. The van der Waals surface area contributed by atoms with Crippen molar-refractivity contribution in [3.8, 4) is 23.0 Å². The highest BCUT2D eigenvalue weighted by molar-refractivity contribution is 7.99. The number of nitrogens with zero attached hydrogens (tertiary/aromatic N) is 2. The minimum absolute atomic E-state index is 0.0627. The van der Waals surface area contributed by atoms with Gasteiger partial charge in [0.25, 0.3) is 0 Å². The zero-order chi connectivity index (χ0) is 42.2. The molecule has 2 heterocycles. The standard InChI is InChI=1S/C49H60N2O9S/c1-3-24-58-49-45(51(48(54)34-17-18-34)31-33-16-20-43-44(27-33)57-32-56-43)30-41(50-59-4-2)39-28-35(12-8-10-22-52)38(15-9-11-23-53)46(47(39)49)40-29-36(19-21-42(40)60-49)55-25-26-61-37-13-6-5-7-14-37/h3,5-7,13-14,16,19-21,27-29,34-35,38,45-47,52-53H,1,4,8-12,15,17-18,22-26,30-32H2,2H3. The van der Waals surface area contributed by atoms with Crippen LogP contribution in [0.2, 0.25) is 0 Å². The number of oxime groups is 1. The number of aliphatic hydroxyl groups excluding tert-OH is 2. The number of carbonyl (C=O) groups is 1. The minimum atomic E-state index is -1.33. The van der Waals surface area contributed by atoms with Gasteiger partial charge in [0.1, 0.15) is 24.1 Å². The highest BCUT2D eigenvalue weighted by Crippen LogP contribution is 2.62. The molecular weight excluding hydrogens is 793 g/mol. The smallest absolute Gasteiger partial charge is 0.239 e. The Morgan fingerprint density at radius 2 is 1.77 bits per heavy atom. The predicted octanol–water partition coefficient (Wildman–Crippen LogP) is 8.68. The van der Waals surface area contributed by atoms with Crippen LogP contribution in [0.25, 0.3) is 0 Å². The molecule has 12 heteroatoms. The number of thioether (sulfide) groups is 1. The molecule has 6 atom stereocenters. The van der Waals surface area contributed by atoms with E-state index in [0.717, 1.165) is 72.4 Å². The van der Waals surface area contributed by atoms with E-state index >= 15 is 0 Å². The van der Waals surface area contributed by atoms with Crippen LogP contribution in [-0.4, -0.2) is 84.1 Å². The van der Waals surface area contributed by atoms with Crippen LogP contribution in [0.1, 0.15) is 81.8 Å². The van der Waals surface area contributed by atoms with Crippen molar-refractivity contribution in [3.05, 3.63) is 102 Å². The Morgan fingerprint density at radius 1 is 0.984 bits per heavy atom. The van der Waals surface area contributed by atoms with Gasteiger partial charge in [-0.05, 0) is 111 Å². The van der Waals surface area contributed by atoms with Crippen molar-refractivity contribution in [2.75, 3.05) is 45.6 Å². The van der Waals surface area contributed by atoms with E-state index in [1.807, 2.05) is 60.4 Å². The van der Waals surface area contributed by atoms with Crippen LogP contribution >= 0.6 is 11.8 Å². The average molecular weight is 853 g/mol. The second-order valence-corrected chi connectivity index (χ2v) is 17.8. The highest BCUT2D eigenvalue weighted by Gasteiger charge is 2.66. The third-order valence-electron chi connectivity index (χ3n) is 12.7. The number of ether oxygens (including phenoxy) is 5. The van der Waals surface area contributed by atoms with E-state index in [1.54, 1.807) is 17.8 Å². The molecule has 326 valence electrons. The summed E-state index contributed by atoms with van der Waals surface area (Å²) < 4.78 is 32.5. The lowest BCUT2D eigenvalue weighted by molar-refractivity contribution is -0.258. The summed E-state index contributed by atoms with van der Waals surface area (Å²) in [6.07, 6.45) is 11.0. The van der Waals surface area contributed by atoms with E-state index in [2.05, 4.69) is 30.9 Å². The van der Waals surface area contributed by atoms with Gasteiger partial charge in [0.15, 0.2) is 11.5 Å². The molecule has 6 unspecified atom stereocenters. The lowest BCUT2D eigenvalue weighted by Crippen LogP contribution is -2.70. The molecule has 2 fully saturated rings. The normalized spacial score (nSPS) is 25.2. The van der Waals surface area contributed by atoms with Crippen molar-refractivity contribution < 1.29 is 43.5 Å². The van der Waals surface area contributed by atoms with Gasteiger partial charge in [0.05, 0.1) is 24.8 Å². The number of unbranched alkanes of at least 4 members (excludes halogenated alkanes) is 2. The van der Waals surface area contributed by atoms with Gasteiger partial charge in [0.2, 0.25) is 18.5 Å². The zero-order valence-corrected chi connectivity index (χ0v) is 36.1. The fraction of sp³-hybridized carbons (Fsp3) is 0.510. The van der Waals surface area contributed by atoms with Gasteiger partial charge in [-0.3, -0.25) is 4.79 Å². The third-order valence-corrected chi connectivity index (χ3v) is 13.7. The first kappa shape index (κ1) is 43.2. The topological polar surface area (TPSA) is 129 Å². The summed E-state index contributed by atoms with van der Waals surface area (Å²) in [6.45, 7) is 7.84. The molecule has 2 saturated carbocycles. The second kappa shape index (κ2) is 20.1. The number of hydrogen-bond acceptors (Lipinski definition) is 11. The van der Waals surface area contributed by atoms with E-state index in [0.29, 0.717) is 56.3 Å². The van der Waals surface area contributed by atoms with Crippen LogP contribution in [0.4, 0.5) is 0 Å². The Hall–Kier alpha value is -4.49. The Balaban J connectivity index is 1.26. The van der Waals surface area contributed by atoms with E-state index in [-0.39, 0.29) is 62.1 Å². The number of carbonyl (C=O) groups excluding carboxylic acids is 1. The Morgan fingerprint density at radius 3 is 2.54 bits per heavy atom. The van der Waals surface area contributed by atoms with Gasteiger partial charge in [-0.25, -0.2) is 0 Å². The first-order valence-electron chi connectivity index (χ1n) is 22.2. The summed E-state index contributed by atoms with van der Waals surface area (Å²) >= 11 is 1.76. The minimum Gasteiger partial charge on any atom is -0.493 e. The van der Waals surface area contributed by atoms with Crippen molar-refractivity contribution in [2.24, 2.45) is 28.8 Å². The van der Waals surface area contributed by atoms with Gasteiger partial charge in [-0.1, -0.05) is 54.4 Å². The van der Waals surface area contributed by atoms with Gasteiger partial charge in [0, 0.05) is 54.2 Å². The monoisotopic (exact) mass is 852 g/mol. The van der Waals surface area contributed by atoms with E-state index in [9.17, 15) is 15.0 Å². The molecule has 0 bridgehead atoms. The maximum Gasteiger partial charge on any atom is 0.239 e. The lowest BCUT2D eigenvalue weighted by Gasteiger charge is -2.60. The molecule has 5 aliphatic rings. The number of fused-ring (bicyclic) bond motifs is 3. The van der Waals surface area contributed by atoms with Crippen LogP contribution in [0, 0.1) is 23.7 Å². The third kappa shape index (κ3) is 9.48. The van der Waals surface area contributed by atoms with Crippen molar-refractivity contribution in [1.82, 2.24) is 4.90 Å². The molecule has 0 aromatic heterocycles. The molecule has 0 radical (unpaired) electrons. The maximum absolute atomic E-state index is 14.8. The number of allylic oxidation sites excluding steroid dienone is 1. The molecule has 1 amide bonds. The van der Waals surface area contributed by atoms with Gasteiger partial charge >= 0.3 is 0 Å². The second-order valence-electron chi connectivity index (χ2n) is 16.6. The van der Waals surface area contributed by atoms with Crippen molar-refractivity contribution in [2.45, 2.75) is 93.9 Å². The van der Waals surface area contributed by atoms with Gasteiger partial charge in [-0.15, -0.1) is 18.3 Å². The molecule has 61 heavy (non-hydrogen) atoms. The van der Waals surface area contributed by atoms with E-state index in [4.69, 9.17) is 33.7 Å². The number of amides is 1. The average Bonchev–Trinajstić information content (AvgIpc) is 4.04. The van der Waals surface area contributed by atoms with Gasteiger partial charge < -0.3 is 43.6 Å². The summed E-state index contributed by atoms with van der Waals surface area (Å²) in [6, 6.07) is 21.7. The zero-order valence-electron chi connectivity index (χ0n) is 35.3. The summed E-state index contributed by atoms with van der Waals surface area (Å²) in [5.41, 5.74) is 3.76. The SMILES string of the molecule is C=CCOC12Oc3ccc(OCCSc4ccccc4)cc3C3C(CCCCO)C(CCCCO)C=C(C(=NOCC)CC1N(Cc1ccc4c(c1)OCO4)C(=O)C1CC1)C32. The first-order chi connectivity index (χ1) is 30.0. The number of rotatable bonds is 22. The lowest BCUT2D eigenvalue weighted by atomic mass is 9.55. The number of hydrogen-bond donors (Lipinski definition) is 2. The summed E-state index contributed by atoms with van der Waals surface area (Å²) in [4.78, 5) is 23.9. The largest absolute Gasteiger partial charge is 0.493 e. The van der Waals surface area contributed by atoms with Crippen LogP contribution in [-0.2, 0) is 20.9 Å². The van der Waals surface area contributed by atoms with Crippen LogP contribution < -0.4 is 18.9 Å². The molecule has 0 saturated heterocycles. The summed E-state index contributed by atoms with van der Waals surface area (Å²) in [5.74, 6) is 1.98. The molecule has 8 rings (SSSR count). The fourth-order valence-corrected chi connectivity index (χ4v) is 10.6. The number of benzene rings is 3. The molecular formula is C49H60N2O9S. The maximum atomic E-state index is 14.8. The molecule has 3 aromatic carbocycles. The summed E-state index contributed by atoms with van der Waals surface area (Å²) in [5, 5.41) is 24.7. The molecule has 11 nitrogen and oxygen atoms in total. The van der Waals surface area contributed by atoms with Crippen molar-refractivity contribution in [1.29, 1.82) is 0 Å². The van der Waals surface area contributed by atoms with Crippen LogP contribution in [0.5, 0.6) is 23.0 Å². The summed E-state index contributed by atoms with van der Waals surface area (Å²) in [7, 11) is 0. The molecule has 3 aliphatic carbocycles. The molecule has 3 aromatic rings. The molecule has 2 N–H and O–H groups in total. The molecule has 0 spiro atoms. The van der Waals surface area contributed by atoms with E-state index < -0.39 is 11.8 Å². The Bertz CT molecular complexity index is 2040. The van der Waals surface area contributed by atoms with Crippen LogP contribution in [0.3, 0.4) is 0 Å².